The topological polar surface area (TPSA) is 107 Å². The lowest BCUT2D eigenvalue weighted by Gasteiger charge is -2.26. The van der Waals surface area contributed by atoms with E-state index < -0.39 is 10.0 Å². The van der Waals surface area contributed by atoms with Gasteiger partial charge >= 0.3 is 0 Å². The summed E-state index contributed by atoms with van der Waals surface area (Å²) in [6.45, 7) is 1.11. The van der Waals surface area contributed by atoms with Gasteiger partial charge in [0, 0.05) is 32.6 Å². The highest BCUT2D eigenvalue weighted by molar-refractivity contribution is 7.89. The summed E-state index contributed by atoms with van der Waals surface area (Å²) in [5.41, 5.74) is 0. The van der Waals surface area contributed by atoms with E-state index in [0.717, 1.165) is 0 Å². The van der Waals surface area contributed by atoms with Gasteiger partial charge in [0.1, 0.15) is 0 Å². The third kappa shape index (κ3) is 5.33. The van der Waals surface area contributed by atoms with Gasteiger partial charge in [0.15, 0.2) is 0 Å². The molecule has 0 aromatic carbocycles. The van der Waals surface area contributed by atoms with Gasteiger partial charge in [-0.25, -0.2) is 8.42 Å². The molecule has 118 valence electrons. The van der Waals surface area contributed by atoms with Crippen LogP contribution in [0.15, 0.2) is 0 Å². The van der Waals surface area contributed by atoms with Gasteiger partial charge < -0.3 is 19.8 Å². The summed E-state index contributed by atoms with van der Waals surface area (Å²) in [5.74, 6) is -0.649. The first kappa shape index (κ1) is 17.3. The summed E-state index contributed by atoms with van der Waals surface area (Å²) in [4.78, 5) is 13.1. The number of morpholine rings is 1. The van der Waals surface area contributed by atoms with Crippen LogP contribution in [0.25, 0.3) is 0 Å². The minimum absolute atomic E-state index is 0.0942. The molecule has 1 fully saturated rings. The van der Waals surface area contributed by atoms with Crippen molar-refractivity contribution in [3.8, 4) is 0 Å². The average molecular weight is 310 g/mol. The van der Waals surface area contributed by atoms with Crippen molar-refractivity contribution < 1.29 is 28.2 Å². The first-order valence-electron chi connectivity index (χ1n) is 6.56. The fraction of sp³-hybridized carbons (Fsp3) is 0.909. The second-order valence-electron chi connectivity index (χ2n) is 4.41. The number of rotatable bonds is 8. The van der Waals surface area contributed by atoms with Crippen LogP contribution in [0.1, 0.15) is 6.42 Å². The summed E-state index contributed by atoms with van der Waals surface area (Å²) in [6.07, 6.45) is -0.153. The molecule has 20 heavy (non-hydrogen) atoms. The number of hydrogen-bond donors (Lipinski definition) is 2. The predicted molar refractivity (Wildman–Crippen MR) is 71.5 cm³/mol. The number of nitrogens with zero attached hydrogens (tertiary/aromatic N) is 2. The molecule has 8 nitrogen and oxygen atoms in total. The molecule has 0 atom stereocenters. The maximum atomic E-state index is 12.0. The minimum Gasteiger partial charge on any atom is -0.395 e. The lowest BCUT2D eigenvalue weighted by molar-refractivity contribution is -0.131. The molecule has 1 heterocycles. The molecular formula is C11H22N2O6S. The highest BCUT2D eigenvalue weighted by Crippen LogP contribution is 2.08. The molecule has 1 saturated heterocycles. The zero-order chi connectivity index (χ0) is 15.0. The Morgan fingerprint density at radius 2 is 1.70 bits per heavy atom. The van der Waals surface area contributed by atoms with Crippen LogP contribution in [-0.4, -0.2) is 92.1 Å². The number of ether oxygens (including phenoxy) is 1. The fourth-order valence-corrected chi connectivity index (χ4v) is 3.33. The van der Waals surface area contributed by atoms with Gasteiger partial charge in [-0.3, -0.25) is 4.79 Å². The van der Waals surface area contributed by atoms with Crippen molar-refractivity contribution in [2.75, 3.05) is 58.4 Å². The van der Waals surface area contributed by atoms with Gasteiger partial charge in [0.25, 0.3) is 0 Å². The Hall–Kier alpha value is -0.740. The van der Waals surface area contributed by atoms with Crippen LogP contribution in [0.5, 0.6) is 0 Å². The fourth-order valence-electron chi connectivity index (χ4n) is 1.93. The molecule has 0 aliphatic carbocycles. The van der Waals surface area contributed by atoms with Crippen LogP contribution in [0.4, 0.5) is 0 Å². The van der Waals surface area contributed by atoms with Gasteiger partial charge in [-0.05, 0) is 0 Å². The van der Waals surface area contributed by atoms with Crippen LogP contribution in [0.2, 0.25) is 0 Å². The van der Waals surface area contributed by atoms with Gasteiger partial charge in [-0.2, -0.15) is 4.31 Å². The molecule has 1 amide bonds. The lowest BCUT2D eigenvalue weighted by atomic mass is 10.4. The van der Waals surface area contributed by atoms with Crippen molar-refractivity contribution in [2.24, 2.45) is 0 Å². The Morgan fingerprint density at radius 1 is 1.15 bits per heavy atom. The van der Waals surface area contributed by atoms with E-state index in [-0.39, 0.29) is 44.4 Å². The maximum Gasteiger partial charge on any atom is 0.223 e. The summed E-state index contributed by atoms with van der Waals surface area (Å²) in [7, 11) is -3.46. The third-order valence-electron chi connectivity index (χ3n) is 3.03. The molecule has 2 N–H and O–H groups in total. The number of amides is 1. The molecule has 1 aliphatic rings. The van der Waals surface area contributed by atoms with Crippen molar-refractivity contribution in [1.82, 2.24) is 9.21 Å². The van der Waals surface area contributed by atoms with Gasteiger partial charge in [-0.1, -0.05) is 0 Å². The van der Waals surface area contributed by atoms with Gasteiger partial charge in [0.05, 0.1) is 32.2 Å². The van der Waals surface area contributed by atoms with Crippen LogP contribution < -0.4 is 0 Å². The number of aliphatic hydroxyl groups is 2. The highest BCUT2D eigenvalue weighted by atomic mass is 32.2. The molecule has 0 unspecified atom stereocenters. The molecule has 1 rings (SSSR count). The molecule has 1 aliphatic heterocycles. The first-order chi connectivity index (χ1) is 9.51. The van der Waals surface area contributed by atoms with Crippen LogP contribution >= 0.6 is 0 Å². The highest BCUT2D eigenvalue weighted by Gasteiger charge is 2.25. The van der Waals surface area contributed by atoms with Crippen molar-refractivity contribution in [2.45, 2.75) is 6.42 Å². The number of carbonyl (C=O) groups excluding carboxylic acids is 1. The Balaban J connectivity index is 2.49. The molecule has 9 heteroatoms. The van der Waals surface area contributed by atoms with Crippen molar-refractivity contribution in [3.05, 3.63) is 0 Å². The monoisotopic (exact) mass is 310 g/mol. The maximum absolute atomic E-state index is 12.0. The minimum atomic E-state index is -3.46. The molecular weight excluding hydrogens is 288 g/mol. The van der Waals surface area contributed by atoms with Crippen molar-refractivity contribution in [1.29, 1.82) is 0 Å². The lowest BCUT2D eigenvalue weighted by Crippen LogP contribution is -2.43. The SMILES string of the molecule is O=C(CCS(=O)(=O)N1CCOCC1)N(CCO)CCO. The van der Waals surface area contributed by atoms with E-state index in [1.54, 1.807) is 0 Å². The second kappa shape index (κ2) is 8.53. The number of carbonyl (C=O) groups is 1. The summed E-state index contributed by atoms with van der Waals surface area (Å²) < 4.78 is 30.5. The standard InChI is InChI=1S/C11H22N2O6S/c14-6-2-12(3-7-15)11(16)1-10-20(17,18)13-4-8-19-9-5-13/h14-15H,1-10H2. The first-order valence-corrected chi connectivity index (χ1v) is 8.17. The molecule has 0 aromatic heterocycles. The third-order valence-corrected chi connectivity index (χ3v) is 4.90. The largest absolute Gasteiger partial charge is 0.395 e. The summed E-state index contributed by atoms with van der Waals surface area (Å²) >= 11 is 0. The van der Waals surface area contributed by atoms with E-state index in [2.05, 4.69) is 0 Å². The molecule has 0 spiro atoms. The van der Waals surface area contributed by atoms with E-state index in [1.165, 1.54) is 9.21 Å². The Bertz CT molecular complexity index is 388. The van der Waals surface area contributed by atoms with Crippen LogP contribution in [0.3, 0.4) is 0 Å². The van der Waals surface area contributed by atoms with E-state index in [9.17, 15) is 13.2 Å². The molecule has 0 bridgehead atoms. The Kier molecular flexibility index (Phi) is 7.38. The van der Waals surface area contributed by atoms with E-state index in [0.29, 0.717) is 26.3 Å². The zero-order valence-corrected chi connectivity index (χ0v) is 12.2. The van der Waals surface area contributed by atoms with E-state index in [1.807, 2.05) is 0 Å². The number of aliphatic hydroxyl groups excluding tert-OH is 2. The predicted octanol–water partition coefficient (Wildman–Crippen LogP) is -2.15. The zero-order valence-electron chi connectivity index (χ0n) is 11.4. The second-order valence-corrected chi connectivity index (χ2v) is 6.49. The Labute approximate surface area is 119 Å². The van der Waals surface area contributed by atoms with E-state index >= 15 is 0 Å². The summed E-state index contributed by atoms with van der Waals surface area (Å²) in [5, 5.41) is 17.7. The van der Waals surface area contributed by atoms with Gasteiger partial charge in [-0.15, -0.1) is 0 Å². The molecule has 0 radical (unpaired) electrons. The average Bonchev–Trinajstić information content (AvgIpc) is 2.45. The van der Waals surface area contributed by atoms with Crippen LogP contribution in [-0.2, 0) is 19.6 Å². The van der Waals surface area contributed by atoms with Gasteiger partial charge in [0.2, 0.25) is 15.9 Å². The number of sulfonamides is 1. The quantitative estimate of drug-likeness (QED) is 0.529. The normalized spacial score (nSPS) is 17.1. The summed E-state index contributed by atoms with van der Waals surface area (Å²) in [6, 6.07) is 0. The Morgan fingerprint density at radius 3 is 2.20 bits per heavy atom. The van der Waals surface area contributed by atoms with Crippen molar-refractivity contribution >= 4 is 15.9 Å². The van der Waals surface area contributed by atoms with Crippen LogP contribution in [0, 0.1) is 0 Å². The molecule has 0 aromatic rings. The smallest absolute Gasteiger partial charge is 0.223 e. The molecule has 0 saturated carbocycles. The number of hydrogen-bond acceptors (Lipinski definition) is 6. The van der Waals surface area contributed by atoms with Crippen molar-refractivity contribution in [3.63, 3.8) is 0 Å². The van der Waals surface area contributed by atoms with E-state index in [4.69, 9.17) is 14.9 Å².